The lowest BCUT2D eigenvalue weighted by molar-refractivity contribution is 0.128. The number of aryl methyl sites for hydroxylation is 1. The Kier molecular flexibility index (Phi) is 9.55. The normalized spacial score (nSPS) is 14.3. The molecule has 4 nitrogen and oxygen atoms in total. The van der Waals surface area contributed by atoms with Gasteiger partial charge in [-0.2, -0.15) is 0 Å². The number of hydrogen-bond acceptors (Lipinski definition) is 2. The smallest absolute Gasteiger partial charge is 0.193 e. The Morgan fingerprint density at radius 3 is 2.48 bits per heavy atom. The van der Waals surface area contributed by atoms with Crippen molar-refractivity contribution >= 4 is 29.9 Å². The highest BCUT2D eigenvalue weighted by atomic mass is 127. The van der Waals surface area contributed by atoms with Gasteiger partial charge in [0.1, 0.15) is 0 Å². The number of guanidine groups is 1. The average Bonchev–Trinajstić information content (AvgIpc) is 3.35. The Labute approximate surface area is 157 Å². The van der Waals surface area contributed by atoms with E-state index in [4.69, 9.17) is 4.74 Å². The summed E-state index contributed by atoms with van der Waals surface area (Å²) in [5, 5.41) is 3.36. The summed E-state index contributed by atoms with van der Waals surface area (Å²) in [7, 11) is 3.89. The molecule has 0 heterocycles. The van der Waals surface area contributed by atoms with E-state index in [-0.39, 0.29) is 24.0 Å². The number of hydrogen-bond donors (Lipinski definition) is 1. The van der Waals surface area contributed by atoms with Crippen molar-refractivity contribution < 1.29 is 4.74 Å². The minimum Gasteiger partial charge on any atom is -0.379 e. The third-order valence-electron chi connectivity index (χ3n) is 4.00. The van der Waals surface area contributed by atoms with Crippen LogP contribution in [0, 0.1) is 5.92 Å². The summed E-state index contributed by atoms with van der Waals surface area (Å²) in [6.45, 7) is 5.50. The molecule has 0 atom stereocenters. The van der Waals surface area contributed by atoms with Gasteiger partial charge in [0, 0.05) is 33.8 Å². The molecule has 0 aliphatic heterocycles. The lowest BCUT2D eigenvalue weighted by atomic mass is 10.1. The Bertz CT molecular complexity index is 472. The minimum atomic E-state index is 0. The highest BCUT2D eigenvalue weighted by molar-refractivity contribution is 14.0. The maximum absolute atomic E-state index is 5.64. The van der Waals surface area contributed by atoms with Crippen molar-refractivity contribution in [3.63, 3.8) is 0 Å². The van der Waals surface area contributed by atoms with Crippen LogP contribution in [0.2, 0.25) is 0 Å². The number of benzene rings is 1. The molecule has 0 radical (unpaired) electrons. The van der Waals surface area contributed by atoms with E-state index < -0.39 is 0 Å². The van der Waals surface area contributed by atoms with Crippen LogP contribution in [-0.2, 0) is 17.7 Å². The quantitative estimate of drug-likeness (QED) is 0.297. The van der Waals surface area contributed by atoms with E-state index in [1.165, 1.54) is 24.0 Å². The van der Waals surface area contributed by atoms with Crippen molar-refractivity contribution in [1.29, 1.82) is 0 Å². The standard InChI is InChI=1S/C18H29N3O.HI/c1-4-15-5-7-16(8-6-15)13-21(3)18(19-2)20-11-12-22-14-17-9-10-17;/h5-8,17H,4,9-14H2,1-3H3,(H,19,20);1H. The molecular formula is C18H30IN3O. The fourth-order valence-corrected chi connectivity index (χ4v) is 2.38. The first-order chi connectivity index (χ1) is 10.7. The van der Waals surface area contributed by atoms with Crippen molar-refractivity contribution in [2.75, 3.05) is 33.9 Å². The number of rotatable bonds is 8. The molecule has 0 bridgehead atoms. The Balaban J connectivity index is 0.00000264. The lowest BCUT2D eigenvalue weighted by Gasteiger charge is -2.22. The van der Waals surface area contributed by atoms with Gasteiger partial charge >= 0.3 is 0 Å². The van der Waals surface area contributed by atoms with Crippen LogP contribution in [0.5, 0.6) is 0 Å². The predicted octanol–water partition coefficient (Wildman–Crippen LogP) is 3.30. The summed E-state index contributed by atoms with van der Waals surface area (Å²) in [4.78, 5) is 6.48. The molecule has 1 N–H and O–H groups in total. The minimum absolute atomic E-state index is 0. The summed E-state index contributed by atoms with van der Waals surface area (Å²) < 4.78 is 5.64. The Morgan fingerprint density at radius 1 is 1.26 bits per heavy atom. The molecule has 0 amide bonds. The second-order valence-electron chi connectivity index (χ2n) is 6.02. The van der Waals surface area contributed by atoms with Crippen LogP contribution in [0.4, 0.5) is 0 Å². The van der Waals surface area contributed by atoms with E-state index in [2.05, 4.69) is 53.4 Å². The van der Waals surface area contributed by atoms with Gasteiger partial charge in [-0.1, -0.05) is 31.2 Å². The van der Waals surface area contributed by atoms with Gasteiger partial charge in [-0.15, -0.1) is 24.0 Å². The summed E-state index contributed by atoms with van der Waals surface area (Å²) in [6.07, 6.45) is 3.77. The lowest BCUT2D eigenvalue weighted by Crippen LogP contribution is -2.40. The van der Waals surface area contributed by atoms with E-state index >= 15 is 0 Å². The molecule has 1 aliphatic carbocycles. The molecule has 2 rings (SSSR count). The van der Waals surface area contributed by atoms with Crippen molar-refractivity contribution in [1.82, 2.24) is 10.2 Å². The summed E-state index contributed by atoms with van der Waals surface area (Å²) >= 11 is 0. The van der Waals surface area contributed by atoms with E-state index in [0.717, 1.165) is 44.6 Å². The molecule has 1 saturated carbocycles. The van der Waals surface area contributed by atoms with Crippen LogP contribution in [0.3, 0.4) is 0 Å². The van der Waals surface area contributed by atoms with E-state index in [0.29, 0.717) is 0 Å². The van der Waals surface area contributed by atoms with Gasteiger partial charge in [0.25, 0.3) is 0 Å². The third-order valence-corrected chi connectivity index (χ3v) is 4.00. The van der Waals surface area contributed by atoms with Crippen molar-refractivity contribution in [2.24, 2.45) is 10.9 Å². The highest BCUT2D eigenvalue weighted by Gasteiger charge is 2.20. The molecule has 1 aromatic carbocycles. The van der Waals surface area contributed by atoms with Crippen molar-refractivity contribution in [3.05, 3.63) is 35.4 Å². The number of ether oxygens (including phenoxy) is 1. The molecule has 23 heavy (non-hydrogen) atoms. The van der Waals surface area contributed by atoms with Crippen LogP contribution in [-0.4, -0.2) is 44.7 Å². The van der Waals surface area contributed by atoms with E-state index in [9.17, 15) is 0 Å². The van der Waals surface area contributed by atoms with Gasteiger partial charge in [0.05, 0.1) is 6.61 Å². The molecular weight excluding hydrogens is 401 g/mol. The molecule has 0 saturated heterocycles. The average molecular weight is 431 g/mol. The molecule has 0 aromatic heterocycles. The van der Waals surface area contributed by atoms with Crippen molar-refractivity contribution in [2.45, 2.75) is 32.7 Å². The Morgan fingerprint density at radius 2 is 1.91 bits per heavy atom. The maximum atomic E-state index is 5.64. The second-order valence-corrected chi connectivity index (χ2v) is 6.02. The maximum Gasteiger partial charge on any atom is 0.193 e. The van der Waals surface area contributed by atoms with Gasteiger partial charge in [0.2, 0.25) is 0 Å². The fourth-order valence-electron chi connectivity index (χ4n) is 2.38. The van der Waals surface area contributed by atoms with Crippen molar-refractivity contribution in [3.8, 4) is 0 Å². The first-order valence-corrected chi connectivity index (χ1v) is 8.30. The summed E-state index contributed by atoms with van der Waals surface area (Å²) in [5.74, 6) is 1.74. The van der Waals surface area contributed by atoms with Gasteiger partial charge in [-0.05, 0) is 36.3 Å². The molecule has 0 spiro atoms. The SMILES string of the molecule is CCc1ccc(CN(C)C(=NC)NCCOCC2CC2)cc1.I. The largest absolute Gasteiger partial charge is 0.379 e. The molecule has 1 aliphatic rings. The number of nitrogens with zero attached hydrogens (tertiary/aromatic N) is 2. The third kappa shape index (κ3) is 7.52. The fraction of sp³-hybridized carbons (Fsp3) is 0.611. The highest BCUT2D eigenvalue weighted by Crippen LogP contribution is 2.28. The van der Waals surface area contributed by atoms with Gasteiger partial charge in [0.15, 0.2) is 5.96 Å². The molecule has 1 aromatic rings. The second kappa shape index (κ2) is 10.9. The molecule has 1 fully saturated rings. The van der Waals surface area contributed by atoms with Gasteiger partial charge in [-0.3, -0.25) is 4.99 Å². The van der Waals surface area contributed by atoms with Crippen LogP contribution < -0.4 is 5.32 Å². The van der Waals surface area contributed by atoms with Gasteiger partial charge in [-0.25, -0.2) is 0 Å². The molecule has 130 valence electrons. The molecule has 5 heteroatoms. The van der Waals surface area contributed by atoms with Crippen LogP contribution in [0.1, 0.15) is 30.9 Å². The number of nitrogens with one attached hydrogen (secondary N) is 1. The monoisotopic (exact) mass is 431 g/mol. The first-order valence-electron chi connectivity index (χ1n) is 8.30. The summed E-state index contributed by atoms with van der Waals surface area (Å²) in [5.41, 5.74) is 2.68. The zero-order valence-electron chi connectivity index (χ0n) is 14.5. The van der Waals surface area contributed by atoms with Crippen LogP contribution in [0.25, 0.3) is 0 Å². The number of aliphatic imine (C=N–C) groups is 1. The predicted molar refractivity (Wildman–Crippen MR) is 108 cm³/mol. The molecule has 0 unspecified atom stereocenters. The number of halogens is 1. The van der Waals surface area contributed by atoms with Crippen LogP contribution in [0.15, 0.2) is 29.3 Å². The summed E-state index contributed by atoms with van der Waals surface area (Å²) in [6, 6.07) is 8.79. The van der Waals surface area contributed by atoms with Gasteiger partial charge < -0.3 is 15.0 Å². The van der Waals surface area contributed by atoms with E-state index in [1.807, 2.05) is 7.05 Å². The Hall–Kier alpha value is -0.820. The van der Waals surface area contributed by atoms with Crippen LogP contribution >= 0.6 is 24.0 Å². The zero-order chi connectivity index (χ0) is 15.8. The zero-order valence-corrected chi connectivity index (χ0v) is 16.9. The topological polar surface area (TPSA) is 36.9 Å². The first kappa shape index (κ1) is 20.2. The van der Waals surface area contributed by atoms with E-state index in [1.54, 1.807) is 0 Å².